The number of hydrogen-bond acceptors (Lipinski definition) is 6. The fourth-order valence-electron chi connectivity index (χ4n) is 2.70. The van der Waals surface area contributed by atoms with Crippen LogP contribution in [-0.2, 0) is 13.0 Å². The van der Waals surface area contributed by atoms with Gasteiger partial charge in [0.05, 0.1) is 6.54 Å². The molecule has 11 heteroatoms. The zero-order valence-corrected chi connectivity index (χ0v) is 17.7. The molecular weight excluding hydrogens is 449 g/mol. The molecule has 0 aliphatic heterocycles. The molecule has 0 radical (unpaired) electrons. The monoisotopic (exact) mass is 468 g/mol. The van der Waals surface area contributed by atoms with E-state index < -0.39 is 17.8 Å². The third-order valence-corrected chi connectivity index (χ3v) is 4.67. The highest BCUT2D eigenvalue weighted by Crippen LogP contribution is 2.26. The smallest absolute Gasteiger partial charge is 0.425 e. The Bertz CT molecular complexity index is 1100. The Morgan fingerprint density at radius 1 is 1.16 bits per heavy atom. The van der Waals surface area contributed by atoms with E-state index in [9.17, 15) is 18.0 Å². The number of aliphatic hydroxyl groups is 1. The Kier molecular flexibility index (Phi) is 7.37. The Balaban J connectivity index is 1.85. The van der Waals surface area contributed by atoms with E-state index >= 15 is 0 Å². The number of anilines is 2. The fraction of sp³-hybridized carbons (Fsp3) is 0.286. The van der Waals surface area contributed by atoms with E-state index in [4.69, 9.17) is 21.4 Å². The molecule has 3 aromatic rings. The molecule has 1 atom stereocenters. The van der Waals surface area contributed by atoms with Crippen molar-refractivity contribution in [3.63, 3.8) is 0 Å². The summed E-state index contributed by atoms with van der Waals surface area (Å²) in [5.74, 6) is 0.173. The van der Waals surface area contributed by atoms with Crippen molar-refractivity contribution in [2.45, 2.75) is 32.2 Å². The molecule has 2 N–H and O–H groups in total. The van der Waals surface area contributed by atoms with Crippen LogP contribution in [0, 0.1) is 0 Å². The van der Waals surface area contributed by atoms with Crippen LogP contribution in [-0.4, -0.2) is 38.8 Å². The average molecular weight is 469 g/mol. The highest BCUT2D eigenvalue weighted by molar-refractivity contribution is 6.30. The van der Waals surface area contributed by atoms with E-state index in [1.54, 1.807) is 24.3 Å². The summed E-state index contributed by atoms with van der Waals surface area (Å²) >= 11 is 5.92. The van der Waals surface area contributed by atoms with E-state index in [0.717, 1.165) is 12.5 Å². The maximum absolute atomic E-state index is 12.7. The van der Waals surface area contributed by atoms with Gasteiger partial charge in [-0.15, -0.1) is 0 Å². The minimum atomic E-state index is -4.47. The standard InChI is InChI=1S/C21H20ClF3N4O3/c1-13(21(23,24)25)32-17-8-6-16(7-9-17)26-20-27-19(31)18(10-11-30)28-29(20)12-14-2-4-15(22)5-3-14/h2-9,13,30H,10-12H2,1H3,(H,26,27,31)/t13-/m1/s1. The van der Waals surface area contributed by atoms with Gasteiger partial charge in [-0.25, -0.2) is 4.68 Å². The number of aromatic nitrogens is 3. The Morgan fingerprint density at radius 3 is 2.41 bits per heavy atom. The molecule has 0 fully saturated rings. The Labute approximate surface area is 186 Å². The number of aliphatic hydroxyl groups excluding tert-OH is 1. The summed E-state index contributed by atoms with van der Waals surface area (Å²) in [5.41, 5.74) is 0.825. The zero-order chi connectivity index (χ0) is 23.3. The number of benzene rings is 2. The molecule has 7 nitrogen and oxygen atoms in total. The molecule has 0 saturated carbocycles. The molecule has 32 heavy (non-hydrogen) atoms. The summed E-state index contributed by atoms with van der Waals surface area (Å²) in [6, 6.07) is 12.8. The van der Waals surface area contributed by atoms with Gasteiger partial charge in [-0.05, 0) is 48.9 Å². The van der Waals surface area contributed by atoms with E-state index in [0.29, 0.717) is 10.7 Å². The van der Waals surface area contributed by atoms with Gasteiger partial charge in [-0.3, -0.25) is 4.79 Å². The second kappa shape index (κ2) is 10.0. The van der Waals surface area contributed by atoms with Crippen LogP contribution >= 0.6 is 11.6 Å². The van der Waals surface area contributed by atoms with Gasteiger partial charge in [0.15, 0.2) is 6.10 Å². The van der Waals surface area contributed by atoms with E-state index in [1.165, 1.54) is 28.9 Å². The Morgan fingerprint density at radius 2 is 1.81 bits per heavy atom. The third kappa shape index (κ3) is 6.21. The van der Waals surface area contributed by atoms with E-state index in [1.807, 2.05) is 0 Å². The average Bonchev–Trinajstić information content (AvgIpc) is 2.73. The van der Waals surface area contributed by atoms with Gasteiger partial charge in [0.25, 0.3) is 5.56 Å². The highest BCUT2D eigenvalue weighted by atomic mass is 35.5. The molecule has 170 valence electrons. The Hall–Kier alpha value is -3.11. The van der Waals surface area contributed by atoms with Gasteiger partial charge in [-0.2, -0.15) is 23.3 Å². The SMILES string of the molecule is C[C@@H](Oc1ccc(Nc2nc(=O)c(CCO)nn2Cc2ccc(Cl)cc2)cc1)C(F)(F)F. The molecule has 3 rings (SSSR count). The number of alkyl halides is 3. The summed E-state index contributed by atoms with van der Waals surface area (Å²) < 4.78 is 44.3. The van der Waals surface area contributed by atoms with Gasteiger partial charge < -0.3 is 15.2 Å². The second-order valence-corrected chi connectivity index (χ2v) is 7.33. The van der Waals surface area contributed by atoms with Crippen molar-refractivity contribution >= 4 is 23.2 Å². The first-order chi connectivity index (χ1) is 15.2. The summed E-state index contributed by atoms with van der Waals surface area (Å²) in [7, 11) is 0. The van der Waals surface area contributed by atoms with Gasteiger partial charge in [0, 0.05) is 23.7 Å². The van der Waals surface area contributed by atoms with Crippen molar-refractivity contribution < 1.29 is 23.0 Å². The van der Waals surface area contributed by atoms with Crippen LogP contribution in [0.3, 0.4) is 0 Å². The minimum absolute atomic E-state index is 0.0447. The van der Waals surface area contributed by atoms with E-state index in [2.05, 4.69) is 15.4 Å². The number of halogens is 4. The minimum Gasteiger partial charge on any atom is -0.481 e. The van der Waals surface area contributed by atoms with Crippen molar-refractivity contribution in [1.29, 1.82) is 0 Å². The summed E-state index contributed by atoms with van der Waals surface area (Å²) in [6.07, 6.45) is -6.37. The maximum Gasteiger partial charge on any atom is 0.425 e. The summed E-state index contributed by atoms with van der Waals surface area (Å²) in [5, 5.41) is 17.0. The van der Waals surface area contributed by atoms with Gasteiger partial charge in [0.2, 0.25) is 5.95 Å². The molecule has 0 unspecified atom stereocenters. The lowest BCUT2D eigenvalue weighted by molar-refractivity contribution is -0.189. The highest BCUT2D eigenvalue weighted by Gasteiger charge is 2.38. The van der Waals surface area contributed by atoms with Crippen LogP contribution in [0.2, 0.25) is 5.02 Å². The second-order valence-electron chi connectivity index (χ2n) is 6.90. The van der Waals surface area contributed by atoms with Crippen LogP contribution in [0.1, 0.15) is 18.2 Å². The number of hydrogen-bond donors (Lipinski definition) is 2. The number of ether oxygens (including phenoxy) is 1. The fourth-order valence-corrected chi connectivity index (χ4v) is 2.83. The predicted molar refractivity (Wildman–Crippen MR) is 114 cm³/mol. The summed E-state index contributed by atoms with van der Waals surface area (Å²) in [4.78, 5) is 16.3. The molecule has 2 aromatic carbocycles. The maximum atomic E-state index is 12.7. The lowest BCUT2D eigenvalue weighted by Crippen LogP contribution is -2.31. The van der Waals surface area contributed by atoms with E-state index in [-0.39, 0.29) is 37.0 Å². The normalized spacial score (nSPS) is 12.4. The van der Waals surface area contributed by atoms with Crippen LogP contribution < -0.4 is 15.6 Å². The van der Waals surface area contributed by atoms with Gasteiger partial charge in [0.1, 0.15) is 11.4 Å². The van der Waals surface area contributed by atoms with Crippen molar-refractivity contribution in [3.8, 4) is 5.75 Å². The molecule has 1 heterocycles. The lowest BCUT2D eigenvalue weighted by atomic mass is 10.2. The molecule has 1 aromatic heterocycles. The van der Waals surface area contributed by atoms with Gasteiger partial charge >= 0.3 is 6.18 Å². The van der Waals surface area contributed by atoms with Crippen molar-refractivity contribution in [3.05, 3.63) is 75.2 Å². The van der Waals surface area contributed by atoms with Crippen LogP contribution in [0.4, 0.5) is 24.8 Å². The number of rotatable bonds is 8. The molecule has 0 aliphatic rings. The molecular formula is C21H20ClF3N4O3. The predicted octanol–water partition coefficient (Wildman–Crippen LogP) is 3.95. The van der Waals surface area contributed by atoms with Crippen molar-refractivity contribution in [2.24, 2.45) is 0 Å². The van der Waals surface area contributed by atoms with Crippen LogP contribution in [0.25, 0.3) is 0 Å². The molecule has 0 amide bonds. The zero-order valence-electron chi connectivity index (χ0n) is 16.9. The number of nitrogens with zero attached hydrogens (tertiary/aromatic N) is 3. The first-order valence-electron chi connectivity index (χ1n) is 9.59. The first kappa shape index (κ1) is 23.6. The topological polar surface area (TPSA) is 89.3 Å². The molecule has 0 saturated heterocycles. The molecule has 0 spiro atoms. The van der Waals surface area contributed by atoms with Crippen LogP contribution in [0.15, 0.2) is 53.3 Å². The number of nitrogens with one attached hydrogen (secondary N) is 1. The van der Waals surface area contributed by atoms with Crippen LogP contribution in [0.5, 0.6) is 5.75 Å². The van der Waals surface area contributed by atoms with Crippen molar-refractivity contribution in [2.75, 3.05) is 11.9 Å². The first-order valence-corrected chi connectivity index (χ1v) is 9.97. The molecule has 0 bridgehead atoms. The van der Waals surface area contributed by atoms with Gasteiger partial charge in [-0.1, -0.05) is 23.7 Å². The molecule has 0 aliphatic carbocycles. The summed E-state index contributed by atoms with van der Waals surface area (Å²) in [6.45, 7) is 0.927. The van der Waals surface area contributed by atoms with Crippen molar-refractivity contribution in [1.82, 2.24) is 14.8 Å². The third-order valence-electron chi connectivity index (χ3n) is 4.42. The largest absolute Gasteiger partial charge is 0.481 e. The lowest BCUT2D eigenvalue weighted by Gasteiger charge is -2.18. The quantitative estimate of drug-likeness (QED) is 0.520.